The summed E-state index contributed by atoms with van der Waals surface area (Å²) in [7, 11) is 0. The standard InChI is InChI=1S/C31H24N8O3S/c1-2-20(35-27-26-23(13-14-32-27)33-16-34-26)28-36-22-10-6-9-19(25(22)31(41)39(28)18-7-4-3-5-8-18)30-37-21-12-11-17(29(40)38-42)15-24(21)43-30/h3-16,20,42H,2H2,1H3,(H,32,35)(H,33,34)(H,38,40)/t20-/m0/s1. The molecule has 3 aromatic carbocycles. The molecule has 0 saturated carbocycles. The van der Waals surface area contributed by atoms with E-state index < -0.39 is 5.91 Å². The molecule has 7 aromatic rings. The van der Waals surface area contributed by atoms with Crippen LogP contribution in [0.5, 0.6) is 0 Å². The number of thiazole rings is 1. The van der Waals surface area contributed by atoms with E-state index in [4.69, 9.17) is 15.2 Å². The first-order valence-electron chi connectivity index (χ1n) is 13.6. The molecule has 0 bridgehead atoms. The van der Waals surface area contributed by atoms with Crippen LogP contribution in [0.4, 0.5) is 5.82 Å². The Balaban J connectivity index is 1.43. The van der Waals surface area contributed by atoms with Crippen molar-refractivity contribution in [2.45, 2.75) is 19.4 Å². The maximum absolute atomic E-state index is 14.5. The quantitative estimate of drug-likeness (QED) is 0.138. The number of carbonyl (C=O) groups is 1. The van der Waals surface area contributed by atoms with Crippen LogP contribution in [0.1, 0.15) is 35.6 Å². The number of hydroxylamine groups is 1. The van der Waals surface area contributed by atoms with Gasteiger partial charge in [0.1, 0.15) is 16.3 Å². The van der Waals surface area contributed by atoms with Crippen LogP contribution in [-0.2, 0) is 0 Å². The van der Waals surface area contributed by atoms with Gasteiger partial charge in [0, 0.05) is 17.3 Å². The number of imidazole rings is 1. The Hall–Kier alpha value is -5.46. The van der Waals surface area contributed by atoms with Gasteiger partial charge in [0.2, 0.25) is 0 Å². The van der Waals surface area contributed by atoms with Gasteiger partial charge in [-0.15, -0.1) is 11.3 Å². The smallest absolute Gasteiger partial charge is 0.274 e. The van der Waals surface area contributed by atoms with E-state index in [1.807, 2.05) is 61.5 Å². The zero-order valence-electron chi connectivity index (χ0n) is 22.8. The van der Waals surface area contributed by atoms with Gasteiger partial charge in [-0.25, -0.2) is 25.4 Å². The van der Waals surface area contributed by atoms with E-state index in [0.29, 0.717) is 61.8 Å². The van der Waals surface area contributed by atoms with Gasteiger partial charge in [-0.3, -0.25) is 19.4 Å². The summed E-state index contributed by atoms with van der Waals surface area (Å²) in [6.45, 7) is 2.02. The van der Waals surface area contributed by atoms with Crippen LogP contribution >= 0.6 is 11.3 Å². The molecule has 4 aromatic heterocycles. The normalized spacial score (nSPS) is 12.1. The number of hydrogen-bond donors (Lipinski definition) is 4. The van der Waals surface area contributed by atoms with Crippen molar-refractivity contribution >= 4 is 55.2 Å². The number of pyridine rings is 1. The largest absolute Gasteiger partial charge is 0.358 e. The first-order chi connectivity index (χ1) is 21.1. The van der Waals surface area contributed by atoms with E-state index in [1.165, 1.54) is 11.3 Å². The summed E-state index contributed by atoms with van der Waals surface area (Å²) in [5, 5.41) is 13.6. The molecular weight excluding hydrogens is 564 g/mol. The molecule has 4 heterocycles. The highest BCUT2D eigenvalue weighted by Crippen LogP contribution is 2.35. The molecule has 0 radical (unpaired) electrons. The summed E-state index contributed by atoms with van der Waals surface area (Å²) in [4.78, 5) is 48.4. The van der Waals surface area contributed by atoms with Crippen molar-refractivity contribution in [2.75, 3.05) is 5.32 Å². The molecule has 4 N–H and O–H groups in total. The predicted octanol–water partition coefficient (Wildman–Crippen LogP) is 5.62. The molecule has 0 unspecified atom stereocenters. The van der Waals surface area contributed by atoms with Gasteiger partial charge >= 0.3 is 0 Å². The fraction of sp³-hybridized carbons (Fsp3) is 0.0968. The van der Waals surface area contributed by atoms with E-state index in [0.717, 1.165) is 10.2 Å². The van der Waals surface area contributed by atoms with Crippen LogP contribution in [0.15, 0.2) is 90.1 Å². The van der Waals surface area contributed by atoms with E-state index in [9.17, 15) is 9.59 Å². The van der Waals surface area contributed by atoms with Crippen LogP contribution in [-0.4, -0.2) is 40.6 Å². The van der Waals surface area contributed by atoms with Gasteiger partial charge in [0.25, 0.3) is 11.5 Å². The summed E-state index contributed by atoms with van der Waals surface area (Å²) in [5.74, 6) is 0.529. The first-order valence-corrected chi connectivity index (χ1v) is 14.4. The van der Waals surface area contributed by atoms with Gasteiger partial charge in [0.15, 0.2) is 5.82 Å². The highest BCUT2D eigenvalue weighted by atomic mass is 32.1. The lowest BCUT2D eigenvalue weighted by Crippen LogP contribution is -2.28. The average Bonchev–Trinajstić information content (AvgIpc) is 3.71. The van der Waals surface area contributed by atoms with Crippen LogP contribution in [0.3, 0.4) is 0 Å². The number of fused-ring (bicyclic) bond motifs is 3. The zero-order valence-corrected chi connectivity index (χ0v) is 23.6. The van der Waals surface area contributed by atoms with Crippen molar-refractivity contribution in [2.24, 2.45) is 0 Å². The van der Waals surface area contributed by atoms with Crippen molar-refractivity contribution in [3.05, 3.63) is 107 Å². The maximum Gasteiger partial charge on any atom is 0.274 e. The average molecular weight is 589 g/mol. The fourth-order valence-electron chi connectivity index (χ4n) is 5.22. The number of rotatable bonds is 7. The third kappa shape index (κ3) is 4.58. The minimum absolute atomic E-state index is 0.229. The summed E-state index contributed by atoms with van der Waals surface area (Å²) < 4.78 is 2.39. The SMILES string of the molecule is CC[C@H](Nc1nccc2[nH]cnc12)c1nc2cccc(-c3nc4ccc(C(=O)NO)cc4s3)c2c(=O)n1-c1ccccc1. The zero-order chi connectivity index (χ0) is 29.5. The summed E-state index contributed by atoms with van der Waals surface area (Å²) in [5.41, 5.74) is 5.83. The van der Waals surface area contributed by atoms with E-state index >= 15 is 0 Å². The highest BCUT2D eigenvalue weighted by Gasteiger charge is 2.24. The van der Waals surface area contributed by atoms with E-state index in [-0.39, 0.29) is 11.6 Å². The van der Waals surface area contributed by atoms with Crippen molar-refractivity contribution < 1.29 is 10.0 Å². The Kier molecular flexibility index (Phi) is 6.61. The topological polar surface area (TPSA) is 151 Å². The van der Waals surface area contributed by atoms with Crippen LogP contribution in [0.2, 0.25) is 0 Å². The molecule has 0 spiro atoms. The van der Waals surface area contributed by atoms with Crippen LogP contribution in [0.25, 0.3) is 48.4 Å². The van der Waals surface area contributed by atoms with Crippen molar-refractivity contribution in [1.29, 1.82) is 0 Å². The number of aromatic amines is 1. The summed E-state index contributed by atoms with van der Waals surface area (Å²) in [6.07, 6.45) is 3.95. The van der Waals surface area contributed by atoms with Gasteiger partial charge < -0.3 is 10.3 Å². The lowest BCUT2D eigenvalue weighted by atomic mass is 10.1. The molecular formula is C31H24N8O3S. The Morgan fingerprint density at radius 3 is 2.70 bits per heavy atom. The number of hydrogen-bond acceptors (Lipinski definition) is 9. The molecule has 212 valence electrons. The molecule has 0 aliphatic rings. The Morgan fingerprint density at radius 2 is 1.88 bits per heavy atom. The molecule has 12 heteroatoms. The number of aromatic nitrogens is 6. The number of anilines is 1. The number of amides is 1. The number of benzene rings is 3. The molecule has 0 aliphatic heterocycles. The third-order valence-electron chi connectivity index (χ3n) is 7.29. The molecule has 1 amide bonds. The highest BCUT2D eigenvalue weighted by molar-refractivity contribution is 7.21. The molecule has 0 saturated heterocycles. The number of nitrogens with zero attached hydrogens (tertiary/aromatic N) is 5. The summed E-state index contributed by atoms with van der Waals surface area (Å²) in [6, 6.07) is 21.4. The van der Waals surface area contributed by atoms with Crippen molar-refractivity contribution in [3.8, 4) is 16.3 Å². The number of carbonyl (C=O) groups excluding carboxylic acids is 1. The number of nitrogens with one attached hydrogen (secondary N) is 3. The molecule has 0 fully saturated rings. The number of H-pyrrole nitrogens is 1. The van der Waals surface area contributed by atoms with Crippen LogP contribution in [0, 0.1) is 0 Å². The van der Waals surface area contributed by atoms with Crippen molar-refractivity contribution in [3.63, 3.8) is 0 Å². The second-order valence-corrected chi connectivity index (χ2v) is 10.9. The summed E-state index contributed by atoms with van der Waals surface area (Å²) >= 11 is 1.36. The predicted molar refractivity (Wildman–Crippen MR) is 166 cm³/mol. The lowest BCUT2D eigenvalue weighted by molar-refractivity contribution is 0.0706. The number of para-hydroxylation sites is 1. The van der Waals surface area contributed by atoms with Gasteiger partial charge in [-0.1, -0.05) is 37.3 Å². The lowest BCUT2D eigenvalue weighted by Gasteiger charge is -2.22. The second-order valence-electron chi connectivity index (χ2n) is 9.85. The molecule has 11 nitrogen and oxygen atoms in total. The van der Waals surface area contributed by atoms with E-state index in [1.54, 1.807) is 40.8 Å². The third-order valence-corrected chi connectivity index (χ3v) is 8.34. The molecule has 0 aliphatic carbocycles. The van der Waals surface area contributed by atoms with Crippen molar-refractivity contribution in [1.82, 2.24) is 35.0 Å². The molecule has 43 heavy (non-hydrogen) atoms. The molecule has 7 rings (SSSR count). The minimum atomic E-state index is -0.609. The van der Waals surface area contributed by atoms with Crippen LogP contribution < -0.4 is 16.4 Å². The van der Waals surface area contributed by atoms with E-state index in [2.05, 4.69) is 20.3 Å². The van der Waals surface area contributed by atoms with Gasteiger partial charge in [-0.05, 0) is 48.9 Å². The Bertz CT molecular complexity index is 2210. The monoisotopic (exact) mass is 588 g/mol. The van der Waals surface area contributed by atoms with Gasteiger partial charge in [0.05, 0.1) is 44.7 Å². The maximum atomic E-state index is 14.5. The fourth-order valence-corrected chi connectivity index (χ4v) is 6.26. The molecule has 1 atom stereocenters. The second kappa shape index (κ2) is 10.7. The van der Waals surface area contributed by atoms with Gasteiger partial charge in [-0.2, -0.15) is 0 Å². The Morgan fingerprint density at radius 1 is 1.02 bits per heavy atom. The Labute approximate surface area is 247 Å². The first kappa shape index (κ1) is 26.4. The minimum Gasteiger partial charge on any atom is -0.358 e.